The van der Waals surface area contributed by atoms with Gasteiger partial charge in [-0.25, -0.2) is 0 Å². The molecule has 3 aromatic rings. The van der Waals surface area contributed by atoms with E-state index < -0.39 is 4.92 Å². The van der Waals surface area contributed by atoms with E-state index in [1.807, 2.05) is 12.1 Å². The lowest BCUT2D eigenvalue weighted by Gasteiger charge is -2.18. The second kappa shape index (κ2) is 7.97. The lowest BCUT2D eigenvalue weighted by molar-refractivity contribution is -0.384. The Kier molecular flexibility index (Phi) is 5.61. The molecule has 0 unspecified atom stereocenters. The van der Waals surface area contributed by atoms with Crippen molar-refractivity contribution in [2.24, 2.45) is 0 Å². The standard InChI is InChI=1S/C22H20N2O4S/c1-22(2,3)16-8-6-15(7-9-16)18(25)13-20-23-21(26)19(29-20)12-14-4-10-17(11-5-14)24(27)28/h4-13H,1-3H3,(H,23,26)/b19-12+,20-13+. The van der Waals surface area contributed by atoms with Gasteiger partial charge in [0.05, 0.1) is 14.1 Å². The molecular formula is C22H20N2O4S. The fraction of sp³-hybridized carbons (Fsp3) is 0.182. The summed E-state index contributed by atoms with van der Waals surface area (Å²) in [4.78, 5) is 37.6. The van der Waals surface area contributed by atoms with E-state index in [0.29, 0.717) is 20.3 Å². The van der Waals surface area contributed by atoms with Crippen LogP contribution < -0.4 is 14.8 Å². The smallest absolute Gasteiger partial charge is 0.269 e. The predicted molar refractivity (Wildman–Crippen MR) is 115 cm³/mol. The highest BCUT2D eigenvalue weighted by Gasteiger charge is 2.13. The molecule has 2 aromatic carbocycles. The molecule has 1 heterocycles. The molecule has 0 fully saturated rings. The van der Waals surface area contributed by atoms with Gasteiger partial charge in [-0.2, -0.15) is 0 Å². The highest BCUT2D eigenvalue weighted by molar-refractivity contribution is 7.07. The van der Waals surface area contributed by atoms with Crippen molar-refractivity contribution in [3.63, 3.8) is 0 Å². The first-order chi connectivity index (χ1) is 13.6. The normalized spacial score (nSPS) is 12.9. The molecule has 0 spiro atoms. The minimum absolute atomic E-state index is 0.00683. The van der Waals surface area contributed by atoms with Crippen LogP contribution in [-0.2, 0) is 5.41 Å². The number of aromatic nitrogens is 1. The Hall–Kier alpha value is -3.32. The number of nitrogens with one attached hydrogen (secondary N) is 1. The van der Waals surface area contributed by atoms with Gasteiger partial charge in [0, 0.05) is 23.8 Å². The van der Waals surface area contributed by atoms with Crippen LogP contribution in [0, 0.1) is 10.1 Å². The van der Waals surface area contributed by atoms with Gasteiger partial charge in [-0.1, -0.05) is 45.0 Å². The molecule has 0 saturated carbocycles. The number of hydrogen-bond donors (Lipinski definition) is 1. The second-order valence-electron chi connectivity index (χ2n) is 7.61. The first kappa shape index (κ1) is 20.4. The molecular weight excluding hydrogens is 388 g/mol. The fourth-order valence-corrected chi connectivity index (χ4v) is 3.59. The number of Topliss-reactive ketones (excluding diaryl/α,β-unsaturated/α-hetero) is 1. The zero-order valence-electron chi connectivity index (χ0n) is 16.3. The number of carbonyl (C=O) groups is 1. The van der Waals surface area contributed by atoms with Crippen LogP contribution in [0.3, 0.4) is 0 Å². The van der Waals surface area contributed by atoms with Crippen molar-refractivity contribution in [2.75, 3.05) is 0 Å². The zero-order chi connectivity index (χ0) is 21.2. The van der Waals surface area contributed by atoms with Crippen LogP contribution >= 0.6 is 11.3 Å². The molecule has 0 aliphatic heterocycles. The summed E-state index contributed by atoms with van der Waals surface area (Å²) in [5.41, 5.74) is 2.03. The Balaban J connectivity index is 1.89. The molecule has 7 heteroatoms. The van der Waals surface area contributed by atoms with E-state index in [-0.39, 0.29) is 22.4 Å². The van der Waals surface area contributed by atoms with Crippen LogP contribution in [0.15, 0.2) is 53.3 Å². The van der Waals surface area contributed by atoms with Crippen LogP contribution in [0.1, 0.15) is 42.3 Å². The quantitative estimate of drug-likeness (QED) is 0.408. The highest BCUT2D eigenvalue weighted by Crippen LogP contribution is 2.22. The molecule has 0 saturated heterocycles. The summed E-state index contributed by atoms with van der Waals surface area (Å²) in [6, 6.07) is 13.4. The van der Waals surface area contributed by atoms with Crippen molar-refractivity contribution in [3.05, 3.63) is 94.9 Å². The molecule has 1 N–H and O–H groups in total. The number of nitrogens with zero attached hydrogens (tertiary/aromatic N) is 1. The van der Waals surface area contributed by atoms with E-state index >= 15 is 0 Å². The van der Waals surface area contributed by atoms with Gasteiger partial charge in [0.2, 0.25) is 0 Å². The molecule has 1 aromatic heterocycles. The first-order valence-corrected chi connectivity index (χ1v) is 9.77. The van der Waals surface area contributed by atoms with Crippen LogP contribution in [0.5, 0.6) is 0 Å². The number of non-ortho nitro benzene ring substituents is 1. The third-order valence-electron chi connectivity index (χ3n) is 4.38. The monoisotopic (exact) mass is 408 g/mol. The number of hydrogen-bond acceptors (Lipinski definition) is 5. The predicted octanol–water partition coefficient (Wildman–Crippen LogP) is 3.13. The number of nitro benzene ring substituents is 1. The van der Waals surface area contributed by atoms with Crippen molar-refractivity contribution >= 4 is 35.0 Å². The van der Waals surface area contributed by atoms with Gasteiger partial charge < -0.3 is 4.98 Å². The van der Waals surface area contributed by atoms with E-state index in [1.165, 1.54) is 18.2 Å². The summed E-state index contributed by atoms with van der Waals surface area (Å²) in [7, 11) is 0. The second-order valence-corrected chi connectivity index (χ2v) is 8.70. The van der Waals surface area contributed by atoms with Crippen molar-refractivity contribution in [1.82, 2.24) is 4.98 Å². The van der Waals surface area contributed by atoms with Crippen LogP contribution in [0.25, 0.3) is 12.2 Å². The topological polar surface area (TPSA) is 93.1 Å². The van der Waals surface area contributed by atoms with Crippen LogP contribution in [-0.4, -0.2) is 15.7 Å². The Morgan fingerprint density at radius 2 is 1.69 bits per heavy atom. The molecule has 6 nitrogen and oxygen atoms in total. The summed E-state index contributed by atoms with van der Waals surface area (Å²) >= 11 is 1.16. The maximum atomic E-state index is 12.5. The maximum absolute atomic E-state index is 12.5. The maximum Gasteiger partial charge on any atom is 0.269 e. The molecule has 3 rings (SSSR count). The Morgan fingerprint density at radius 3 is 2.24 bits per heavy atom. The molecule has 0 radical (unpaired) electrons. The largest absolute Gasteiger partial charge is 0.313 e. The minimum Gasteiger partial charge on any atom is -0.313 e. The van der Waals surface area contributed by atoms with Crippen molar-refractivity contribution in [2.45, 2.75) is 26.2 Å². The van der Waals surface area contributed by atoms with Crippen molar-refractivity contribution in [3.8, 4) is 0 Å². The number of nitro groups is 1. The van der Waals surface area contributed by atoms with E-state index in [1.54, 1.807) is 30.3 Å². The Labute approximate surface area is 171 Å². The Morgan fingerprint density at radius 1 is 1.07 bits per heavy atom. The van der Waals surface area contributed by atoms with Crippen molar-refractivity contribution < 1.29 is 9.72 Å². The van der Waals surface area contributed by atoms with Gasteiger partial charge in [0.15, 0.2) is 5.78 Å². The number of aromatic amines is 1. The molecule has 0 bridgehead atoms. The summed E-state index contributed by atoms with van der Waals surface area (Å²) < 4.78 is 0.869. The average molecular weight is 408 g/mol. The number of thiazole rings is 1. The van der Waals surface area contributed by atoms with Gasteiger partial charge >= 0.3 is 0 Å². The SMILES string of the molecule is CC(C)(C)c1ccc(C(=O)/C=c2\[nH]c(=O)/c(=C\c3ccc([N+](=O)[O-])cc3)s2)cc1. The Bertz CT molecular complexity index is 1230. The summed E-state index contributed by atoms with van der Waals surface area (Å²) in [6.07, 6.45) is 3.04. The summed E-state index contributed by atoms with van der Waals surface area (Å²) in [5.74, 6) is -0.190. The summed E-state index contributed by atoms with van der Waals surface area (Å²) in [5, 5.41) is 10.7. The van der Waals surface area contributed by atoms with E-state index in [4.69, 9.17) is 0 Å². The summed E-state index contributed by atoms with van der Waals surface area (Å²) in [6.45, 7) is 6.32. The first-order valence-electron chi connectivity index (χ1n) is 8.95. The van der Waals surface area contributed by atoms with E-state index in [2.05, 4.69) is 25.8 Å². The fourth-order valence-electron chi connectivity index (χ4n) is 2.70. The molecule has 0 aliphatic rings. The highest BCUT2D eigenvalue weighted by atomic mass is 32.1. The van der Waals surface area contributed by atoms with Gasteiger partial charge in [0.25, 0.3) is 11.2 Å². The molecule has 0 amide bonds. The lowest BCUT2D eigenvalue weighted by Crippen LogP contribution is -2.20. The van der Waals surface area contributed by atoms with Gasteiger partial charge in [-0.3, -0.25) is 19.7 Å². The molecule has 0 aliphatic carbocycles. The van der Waals surface area contributed by atoms with Crippen molar-refractivity contribution in [1.29, 1.82) is 0 Å². The third kappa shape index (κ3) is 4.94. The van der Waals surface area contributed by atoms with Crippen LogP contribution in [0.4, 0.5) is 5.69 Å². The van der Waals surface area contributed by atoms with Crippen LogP contribution in [0.2, 0.25) is 0 Å². The number of carbonyl (C=O) groups excluding carboxylic acids is 1. The van der Waals surface area contributed by atoms with Gasteiger partial charge in [0.1, 0.15) is 0 Å². The van der Waals surface area contributed by atoms with E-state index in [9.17, 15) is 19.7 Å². The van der Waals surface area contributed by atoms with E-state index in [0.717, 1.165) is 16.9 Å². The number of H-pyrrole nitrogens is 1. The van der Waals surface area contributed by atoms with Gasteiger partial charge in [-0.15, -0.1) is 11.3 Å². The average Bonchev–Trinajstić information content (AvgIpc) is 3.00. The molecule has 0 atom stereocenters. The molecule has 29 heavy (non-hydrogen) atoms. The lowest BCUT2D eigenvalue weighted by atomic mass is 9.86. The van der Waals surface area contributed by atoms with Gasteiger partial charge in [-0.05, 0) is 34.8 Å². The number of ketones is 1. The number of benzene rings is 2. The molecule has 148 valence electrons. The third-order valence-corrected chi connectivity index (χ3v) is 5.34. The number of rotatable bonds is 4. The minimum atomic E-state index is -0.478. The zero-order valence-corrected chi connectivity index (χ0v) is 17.1.